The molecule has 30 heavy (non-hydrogen) atoms. The molecule has 0 aliphatic rings. The number of hydrogen-bond donors (Lipinski definition) is 0. The van der Waals surface area contributed by atoms with Crippen molar-refractivity contribution in [3.63, 3.8) is 0 Å². The summed E-state index contributed by atoms with van der Waals surface area (Å²) in [7, 11) is 0. The normalized spacial score (nSPS) is 10.8. The second kappa shape index (κ2) is 7.87. The molecule has 0 amide bonds. The number of nitrogens with zero attached hydrogens (tertiary/aromatic N) is 2. The molecule has 0 spiro atoms. The van der Waals surface area contributed by atoms with Crippen LogP contribution >= 0.6 is 0 Å². The Bertz CT molecular complexity index is 1260. The lowest BCUT2D eigenvalue weighted by atomic mass is 9.98. The fourth-order valence-corrected chi connectivity index (χ4v) is 2.98. The lowest BCUT2D eigenvalue weighted by molar-refractivity contribution is 0.103. The van der Waals surface area contributed by atoms with Gasteiger partial charge in [0.25, 0.3) is 0 Å². The van der Waals surface area contributed by atoms with Gasteiger partial charge in [0.1, 0.15) is 23.3 Å². The molecule has 2 aromatic carbocycles. The lowest BCUT2D eigenvalue weighted by Crippen LogP contribution is -2.08. The first-order valence-electron chi connectivity index (χ1n) is 8.81. The summed E-state index contributed by atoms with van der Waals surface area (Å²) < 4.78 is 56.0. The molecule has 2 heterocycles. The van der Waals surface area contributed by atoms with Crippen molar-refractivity contribution in [2.24, 2.45) is 0 Å². The molecule has 0 N–H and O–H groups in total. The Morgan fingerprint density at radius 1 is 0.667 bits per heavy atom. The van der Waals surface area contributed by atoms with E-state index in [4.69, 9.17) is 0 Å². The van der Waals surface area contributed by atoms with Crippen LogP contribution < -0.4 is 0 Å². The molecular weight excluding hydrogens is 396 g/mol. The van der Waals surface area contributed by atoms with Gasteiger partial charge in [-0.25, -0.2) is 22.5 Å². The van der Waals surface area contributed by atoms with E-state index >= 15 is 0 Å². The molecule has 7 heteroatoms. The van der Waals surface area contributed by atoms with E-state index in [0.29, 0.717) is 23.5 Å². The summed E-state index contributed by atoms with van der Waals surface area (Å²) in [5, 5.41) is 0. The third kappa shape index (κ3) is 3.69. The van der Waals surface area contributed by atoms with Gasteiger partial charge in [0.2, 0.25) is 0 Å². The van der Waals surface area contributed by atoms with Gasteiger partial charge in [0.15, 0.2) is 5.78 Å². The van der Waals surface area contributed by atoms with Crippen LogP contribution in [0, 0.1) is 23.3 Å². The van der Waals surface area contributed by atoms with Gasteiger partial charge in [-0.3, -0.25) is 9.78 Å². The zero-order chi connectivity index (χ0) is 21.3. The summed E-state index contributed by atoms with van der Waals surface area (Å²) >= 11 is 0. The average molecular weight is 408 g/mol. The minimum Gasteiger partial charge on any atom is -0.288 e. The van der Waals surface area contributed by atoms with E-state index in [9.17, 15) is 22.4 Å². The number of halogens is 4. The highest BCUT2D eigenvalue weighted by Gasteiger charge is 2.22. The highest BCUT2D eigenvalue weighted by Crippen LogP contribution is 2.28. The molecular formula is C23H12F4N2O. The van der Waals surface area contributed by atoms with Crippen LogP contribution in [0.2, 0.25) is 0 Å². The Kier molecular flexibility index (Phi) is 5.10. The molecule has 0 saturated heterocycles. The van der Waals surface area contributed by atoms with Gasteiger partial charge in [-0.05, 0) is 42.5 Å². The molecule has 0 saturated carbocycles. The van der Waals surface area contributed by atoms with Crippen molar-refractivity contribution in [3.05, 3.63) is 107 Å². The fraction of sp³-hybridized carbons (Fsp3) is 0. The van der Waals surface area contributed by atoms with E-state index in [0.717, 1.165) is 18.2 Å². The second-order valence-corrected chi connectivity index (χ2v) is 6.39. The highest BCUT2D eigenvalue weighted by molar-refractivity contribution is 6.09. The van der Waals surface area contributed by atoms with Crippen molar-refractivity contribution < 1.29 is 22.4 Å². The van der Waals surface area contributed by atoms with E-state index in [1.807, 2.05) is 0 Å². The van der Waals surface area contributed by atoms with E-state index in [2.05, 4.69) is 9.97 Å². The zero-order valence-corrected chi connectivity index (χ0v) is 15.2. The average Bonchev–Trinajstić information content (AvgIpc) is 2.74. The van der Waals surface area contributed by atoms with E-state index < -0.39 is 40.2 Å². The van der Waals surface area contributed by atoms with Gasteiger partial charge < -0.3 is 0 Å². The number of hydrogen-bond acceptors (Lipinski definition) is 3. The van der Waals surface area contributed by atoms with Gasteiger partial charge in [-0.15, -0.1) is 0 Å². The maximum Gasteiger partial charge on any atom is 0.198 e. The first-order valence-corrected chi connectivity index (χ1v) is 8.81. The summed E-state index contributed by atoms with van der Waals surface area (Å²) in [5.74, 6) is -5.15. The molecule has 0 unspecified atom stereocenters. The number of pyridine rings is 2. The lowest BCUT2D eigenvalue weighted by Gasteiger charge is -2.10. The molecule has 0 aliphatic heterocycles. The summed E-state index contributed by atoms with van der Waals surface area (Å²) in [4.78, 5) is 21.2. The second-order valence-electron chi connectivity index (χ2n) is 6.39. The van der Waals surface area contributed by atoms with Crippen LogP contribution in [0.25, 0.3) is 22.6 Å². The van der Waals surface area contributed by atoms with Gasteiger partial charge >= 0.3 is 0 Å². The predicted molar refractivity (Wildman–Crippen MR) is 103 cm³/mol. The van der Waals surface area contributed by atoms with Crippen molar-refractivity contribution in [2.45, 2.75) is 0 Å². The number of benzene rings is 2. The topological polar surface area (TPSA) is 42.9 Å². The molecule has 3 nitrogen and oxygen atoms in total. The minimum absolute atomic E-state index is 0.139. The van der Waals surface area contributed by atoms with Crippen LogP contribution in [0.5, 0.6) is 0 Å². The standard InChI is InChI=1S/C23H12F4N2O/c24-13-7-8-14(17(25)10-13)23(30)16-11-15(18(26)12-19(16)27)20-5-3-6-22(29-20)21-4-1-2-9-28-21/h1-12H. The third-order valence-corrected chi connectivity index (χ3v) is 4.43. The quantitative estimate of drug-likeness (QED) is 0.326. The van der Waals surface area contributed by atoms with Gasteiger partial charge in [-0.1, -0.05) is 12.1 Å². The summed E-state index contributed by atoms with van der Waals surface area (Å²) in [6.07, 6.45) is 1.58. The number of ketones is 1. The maximum absolute atomic E-state index is 14.5. The Balaban J connectivity index is 1.80. The first-order chi connectivity index (χ1) is 14.4. The minimum atomic E-state index is -1.16. The van der Waals surface area contributed by atoms with Crippen LogP contribution in [0.3, 0.4) is 0 Å². The van der Waals surface area contributed by atoms with Crippen molar-refractivity contribution in [1.82, 2.24) is 9.97 Å². The molecule has 0 atom stereocenters. The van der Waals surface area contributed by atoms with E-state index in [-0.39, 0.29) is 11.3 Å². The van der Waals surface area contributed by atoms with E-state index in [1.54, 1.807) is 36.5 Å². The van der Waals surface area contributed by atoms with Gasteiger partial charge in [0.05, 0.1) is 28.2 Å². The van der Waals surface area contributed by atoms with Gasteiger partial charge in [-0.2, -0.15) is 0 Å². The predicted octanol–water partition coefficient (Wildman–Crippen LogP) is 5.60. The molecule has 4 aromatic rings. The van der Waals surface area contributed by atoms with E-state index in [1.165, 1.54) is 6.07 Å². The highest BCUT2D eigenvalue weighted by atomic mass is 19.1. The SMILES string of the molecule is O=C(c1ccc(F)cc1F)c1cc(-c2cccc(-c3ccccn3)n2)c(F)cc1F. The Morgan fingerprint density at radius 3 is 2.13 bits per heavy atom. The smallest absolute Gasteiger partial charge is 0.198 e. The Hall–Kier alpha value is -3.87. The molecule has 4 rings (SSSR count). The summed E-state index contributed by atoms with van der Waals surface area (Å²) in [5.41, 5.74) is -0.0739. The Labute approximate surface area is 168 Å². The number of carbonyl (C=O) groups excluding carboxylic acids is 1. The number of rotatable bonds is 4. The van der Waals surface area contributed by atoms with Crippen LogP contribution in [-0.4, -0.2) is 15.8 Å². The molecule has 148 valence electrons. The van der Waals surface area contributed by atoms with Crippen molar-refractivity contribution >= 4 is 5.78 Å². The van der Waals surface area contributed by atoms with Crippen molar-refractivity contribution in [3.8, 4) is 22.6 Å². The third-order valence-electron chi connectivity index (χ3n) is 4.43. The van der Waals surface area contributed by atoms with Crippen LogP contribution in [-0.2, 0) is 0 Å². The molecule has 2 aromatic heterocycles. The van der Waals surface area contributed by atoms with Gasteiger partial charge in [0, 0.05) is 23.9 Å². The summed E-state index contributed by atoms with van der Waals surface area (Å²) in [6, 6.07) is 13.8. The number of aromatic nitrogens is 2. The zero-order valence-electron chi connectivity index (χ0n) is 15.2. The Morgan fingerprint density at radius 2 is 1.40 bits per heavy atom. The maximum atomic E-state index is 14.5. The van der Waals surface area contributed by atoms with Crippen molar-refractivity contribution in [1.29, 1.82) is 0 Å². The van der Waals surface area contributed by atoms with Crippen LogP contribution in [0.1, 0.15) is 15.9 Å². The summed E-state index contributed by atoms with van der Waals surface area (Å²) in [6.45, 7) is 0. The van der Waals surface area contributed by atoms with Crippen molar-refractivity contribution in [2.75, 3.05) is 0 Å². The fourth-order valence-electron chi connectivity index (χ4n) is 2.98. The number of carbonyl (C=O) groups is 1. The largest absolute Gasteiger partial charge is 0.288 e. The molecule has 0 radical (unpaired) electrons. The van der Waals surface area contributed by atoms with Crippen LogP contribution in [0.4, 0.5) is 17.6 Å². The van der Waals surface area contributed by atoms with Crippen LogP contribution in [0.15, 0.2) is 72.9 Å². The molecule has 0 fully saturated rings. The molecule has 0 aliphatic carbocycles. The molecule has 0 bridgehead atoms. The monoisotopic (exact) mass is 408 g/mol. The first kappa shape index (κ1) is 19.4.